The van der Waals surface area contributed by atoms with Gasteiger partial charge in [-0.25, -0.2) is 9.78 Å². The first-order chi connectivity index (χ1) is 7.21. The van der Waals surface area contributed by atoms with Gasteiger partial charge in [0.15, 0.2) is 11.6 Å². The lowest BCUT2D eigenvalue weighted by atomic mass is 9.80. The Labute approximate surface area is 95.7 Å². The van der Waals surface area contributed by atoms with Crippen molar-refractivity contribution in [1.29, 1.82) is 0 Å². The van der Waals surface area contributed by atoms with Crippen molar-refractivity contribution in [2.45, 2.75) is 41.0 Å². The van der Waals surface area contributed by atoms with Crippen LogP contribution < -0.4 is 0 Å². The fourth-order valence-electron chi connectivity index (χ4n) is 1.31. The molecule has 1 rings (SSSR count). The molecule has 0 fully saturated rings. The number of aromatic carboxylic acids is 1. The predicted octanol–water partition coefficient (Wildman–Crippen LogP) is 2.91. The minimum atomic E-state index is -1.03. The van der Waals surface area contributed by atoms with E-state index < -0.39 is 5.97 Å². The molecule has 1 heterocycles. The van der Waals surface area contributed by atoms with E-state index in [0.29, 0.717) is 24.0 Å². The van der Waals surface area contributed by atoms with Crippen molar-refractivity contribution in [3.63, 3.8) is 0 Å². The summed E-state index contributed by atoms with van der Waals surface area (Å²) < 4.78 is 5.35. The summed E-state index contributed by atoms with van der Waals surface area (Å²) in [7, 11) is 0. The van der Waals surface area contributed by atoms with E-state index >= 15 is 0 Å². The van der Waals surface area contributed by atoms with Crippen LogP contribution in [0.25, 0.3) is 0 Å². The van der Waals surface area contributed by atoms with E-state index in [-0.39, 0.29) is 11.1 Å². The Bertz CT molecular complexity index is 387. The number of oxazole rings is 1. The summed E-state index contributed by atoms with van der Waals surface area (Å²) in [6.45, 7) is 10.2. The van der Waals surface area contributed by atoms with Crippen LogP contribution in [-0.4, -0.2) is 16.1 Å². The largest absolute Gasteiger partial charge is 0.476 e. The third-order valence-corrected chi connectivity index (χ3v) is 3.00. The summed E-state index contributed by atoms with van der Waals surface area (Å²) in [6.07, 6.45) is 0.664. The topological polar surface area (TPSA) is 63.3 Å². The highest BCUT2D eigenvalue weighted by Crippen LogP contribution is 2.28. The van der Waals surface area contributed by atoms with Crippen molar-refractivity contribution < 1.29 is 14.3 Å². The van der Waals surface area contributed by atoms with Gasteiger partial charge in [0.2, 0.25) is 0 Å². The van der Waals surface area contributed by atoms with E-state index in [2.05, 4.69) is 32.7 Å². The second kappa shape index (κ2) is 4.28. The van der Waals surface area contributed by atoms with Gasteiger partial charge < -0.3 is 9.52 Å². The van der Waals surface area contributed by atoms with E-state index in [1.807, 2.05) is 0 Å². The molecule has 1 unspecified atom stereocenters. The lowest BCUT2D eigenvalue weighted by molar-refractivity contribution is 0.0689. The lowest BCUT2D eigenvalue weighted by Crippen LogP contribution is -2.19. The Morgan fingerprint density at radius 2 is 2.06 bits per heavy atom. The molecule has 1 N–H and O–H groups in total. The van der Waals surface area contributed by atoms with Crippen LogP contribution in [0.1, 0.15) is 49.8 Å². The summed E-state index contributed by atoms with van der Waals surface area (Å²) in [5.74, 6) is 0.240. The van der Waals surface area contributed by atoms with E-state index in [4.69, 9.17) is 9.52 Å². The average Bonchev–Trinajstić information content (AvgIpc) is 2.45. The number of rotatable bonds is 3. The SMILES string of the molecule is Cc1oc(CC(C)C(C)(C)C)nc1C(=O)O. The Kier molecular flexibility index (Phi) is 3.41. The molecule has 4 nitrogen and oxygen atoms in total. The summed E-state index contributed by atoms with van der Waals surface area (Å²) in [5.41, 5.74) is 0.183. The second-order valence-corrected chi connectivity index (χ2v) is 5.29. The zero-order valence-electron chi connectivity index (χ0n) is 10.5. The maximum absolute atomic E-state index is 10.8. The van der Waals surface area contributed by atoms with Crippen LogP contribution in [0.15, 0.2) is 4.42 Å². The number of carboxylic acid groups (broad SMARTS) is 1. The fourth-order valence-corrected chi connectivity index (χ4v) is 1.31. The van der Waals surface area contributed by atoms with Gasteiger partial charge >= 0.3 is 5.97 Å². The maximum Gasteiger partial charge on any atom is 0.358 e. The molecule has 0 aromatic carbocycles. The molecule has 0 aliphatic heterocycles. The molecule has 1 aromatic heterocycles. The molecule has 4 heteroatoms. The Morgan fingerprint density at radius 3 is 2.44 bits per heavy atom. The van der Waals surface area contributed by atoms with Crippen molar-refractivity contribution in [3.8, 4) is 0 Å². The van der Waals surface area contributed by atoms with Crippen molar-refractivity contribution in [1.82, 2.24) is 4.98 Å². The molecular weight excluding hydrogens is 206 g/mol. The van der Waals surface area contributed by atoms with E-state index in [0.717, 1.165) is 0 Å². The standard InChI is InChI=1S/C12H19NO3/c1-7(12(3,4)5)6-9-13-10(11(14)15)8(2)16-9/h7H,6H2,1-5H3,(H,14,15). The highest BCUT2D eigenvalue weighted by molar-refractivity contribution is 5.86. The lowest BCUT2D eigenvalue weighted by Gasteiger charge is -2.25. The van der Waals surface area contributed by atoms with Gasteiger partial charge in [-0.3, -0.25) is 0 Å². The first-order valence-electron chi connectivity index (χ1n) is 5.41. The number of carbonyl (C=O) groups is 1. The molecule has 90 valence electrons. The molecule has 0 spiro atoms. The van der Waals surface area contributed by atoms with Gasteiger partial charge in [0.1, 0.15) is 5.76 Å². The highest BCUT2D eigenvalue weighted by atomic mass is 16.4. The molecule has 1 aromatic rings. The van der Waals surface area contributed by atoms with Crippen molar-refractivity contribution in [3.05, 3.63) is 17.3 Å². The van der Waals surface area contributed by atoms with Gasteiger partial charge in [-0.1, -0.05) is 27.7 Å². The van der Waals surface area contributed by atoms with E-state index in [1.54, 1.807) is 6.92 Å². The summed E-state index contributed by atoms with van der Waals surface area (Å²) in [5, 5.41) is 8.85. The zero-order chi connectivity index (χ0) is 12.5. The first-order valence-corrected chi connectivity index (χ1v) is 5.41. The molecular formula is C12H19NO3. The van der Waals surface area contributed by atoms with Crippen LogP contribution in [0, 0.1) is 18.3 Å². The Hall–Kier alpha value is -1.32. The third-order valence-electron chi connectivity index (χ3n) is 3.00. The number of hydrogen-bond donors (Lipinski definition) is 1. The number of carboxylic acids is 1. The van der Waals surface area contributed by atoms with Crippen molar-refractivity contribution in [2.24, 2.45) is 11.3 Å². The van der Waals surface area contributed by atoms with Gasteiger partial charge in [0.05, 0.1) is 0 Å². The van der Waals surface area contributed by atoms with Gasteiger partial charge in [-0.15, -0.1) is 0 Å². The van der Waals surface area contributed by atoms with Gasteiger partial charge in [-0.2, -0.15) is 0 Å². The van der Waals surface area contributed by atoms with Gasteiger partial charge in [0, 0.05) is 6.42 Å². The van der Waals surface area contributed by atoms with Crippen LogP contribution in [0.4, 0.5) is 0 Å². The van der Waals surface area contributed by atoms with Crippen molar-refractivity contribution >= 4 is 5.97 Å². The minimum absolute atomic E-state index is 0.0242. The monoisotopic (exact) mass is 225 g/mol. The van der Waals surface area contributed by atoms with Crippen LogP contribution in [0.5, 0.6) is 0 Å². The third kappa shape index (κ3) is 2.84. The Balaban J connectivity index is 2.84. The number of aromatic nitrogens is 1. The minimum Gasteiger partial charge on any atom is -0.476 e. The normalized spacial score (nSPS) is 13.8. The number of hydrogen-bond acceptors (Lipinski definition) is 3. The smallest absolute Gasteiger partial charge is 0.358 e. The summed E-state index contributed by atoms with van der Waals surface area (Å²) in [4.78, 5) is 14.8. The summed E-state index contributed by atoms with van der Waals surface area (Å²) >= 11 is 0. The Morgan fingerprint density at radius 1 is 1.50 bits per heavy atom. The molecule has 0 radical (unpaired) electrons. The van der Waals surface area contributed by atoms with Crippen LogP contribution in [0.3, 0.4) is 0 Å². The molecule has 1 atom stereocenters. The molecule has 0 aliphatic carbocycles. The molecule has 16 heavy (non-hydrogen) atoms. The van der Waals surface area contributed by atoms with Gasteiger partial charge in [0.25, 0.3) is 0 Å². The predicted molar refractivity (Wildman–Crippen MR) is 60.5 cm³/mol. The van der Waals surface area contributed by atoms with Crippen LogP contribution in [-0.2, 0) is 6.42 Å². The molecule has 0 amide bonds. The number of aryl methyl sites for hydroxylation is 1. The molecule has 0 bridgehead atoms. The van der Waals surface area contributed by atoms with Crippen molar-refractivity contribution in [2.75, 3.05) is 0 Å². The molecule has 0 saturated heterocycles. The molecule has 0 aliphatic rings. The van der Waals surface area contributed by atoms with Gasteiger partial charge in [-0.05, 0) is 18.3 Å². The van der Waals surface area contributed by atoms with Crippen LogP contribution >= 0.6 is 0 Å². The van der Waals surface area contributed by atoms with E-state index in [9.17, 15) is 4.79 Å². The highest BCUT2D eigenvalue weighted by Gasteiger charge is 2.24. The zero-order valence-corrected chi connectivity index (χ0v) is 10.5. The first kappa shape index (κ1) is 12.7. The quantitative estimate of drug-likeness (QED) is 0.859. The fraction of sp³-hybridized carbons (Fsp3) is 0.667. The number of nitrogens with zero attached hydrogens (tertiary/aromatic N) is 1. The molecule has 0 saturated carbocycles. The maximum atomic E-state index is 10.8. The van der Waals surface area contributed by atoms with Crippen LogP contribution in [0.2, 0.25) is 0 Å². The average molecular weight is 225 g/mol. The summed E-state index contributed by atoms with van der Waals surface area (Å²) in [6, 6.07) is 0. The van der Waals surface area contributed by atoms with E-state index in [1.165, 1.54) is 0 Å². The second-order valence-electron chi connectivity index (χ2n) is 5.29.